The Labute approximate surface area is 293 Å². The van der Waals surface area contributed by atoms with Crippen molar-refractivity contribution in [3.05, 3.63) is 100 Å². The Bertz CT molecular complexity index is 1750. The van der Waals surface area contributed by atoms with Gasteiger partial charge in [-0.3, -0.25) is 23.5 Å². The van der Waals surface area contributed by atoms with Crippen LogP contribution in [-0.4, -0.2) is 70.0 Å². The van der Waals surface area contributed by atoms with Gasteiger partial charge in [-0.25, -0.2) is 8.42 Å². The summed E-state index contributed by atoms with van der Waals surface area (Å²) < 4.78 is 25.9. The molecule has 0 aliphatic rings. The van der Waals surface area contributed by atoms with E-state index in [4.69, 9.17) is 17.3 Å². The van der Waals surface area contributed by atoms with Crippen molar-refractivity contribution in [3.8, 4) is 0 Å². The van der Waals surface area contributed by atoms with Crippen LogP contribution in [0.5, 0.6) is 0 Å². The predicted molar refractivity (Wildman–Crippen MR) is 192 cm³/mol. The van der Waals surface area contributed by atoms with Crippen LogP contribution < -0.4 is 31.3 Å². The standard InChI is InChI=1S/C35H45ClN6O6S/c1-21(2)31(32(37)43)41-33(44)23(4)38-20-29(15-24-11-8-7-9-12-24)40-35(46)27-16-26(18-30(19-27)42(5)49(6,47)48)34(45)39-22(3)25-13-10-14-28(36)17-25/h7-14,16-19,21-23,29,31,38H,15,20H2,1-6H3,(H2,37,43)(H,39,45)(H,40,46)(H,41,44)/t22-,23+,29+,31+/m1/s1. The Kier molecular flexibility index (Phi) is 13.7. The number of carbonyl (C=O) groups excluding carboxylic acids is 4. The third-order valence-corrected chi connectivity index (χ3v) is 9.44. The number of nitrogens with one attached hydrogen (secondary N) is 4. The summed E-state index contributed by atoms with van der Waals surface area (Å²) in [6.07, 6.45) is 1.41. The number of rotatable bonds is 16. The number of anilines is 1. The Morgan fingerprint density at radius 2 is 1.45 bits per heavy atom. The summed E-state index contributed by atoms with van der Waals surface area (Å²) in [5.74, 6) is -2.36. The van der Waals surface area contributed by atoms with Gasteiger partial charge in [0.25, 0.3) is 11.8 Å². The number of nitrogens with two attached hydrogens (primary N) is 1. The highest BCUT2D eigenvalue weighted by atomic mass is 35.5. The number of halogens is 1. The molecule has 0 bridgehead atoms. The average molecular weight is 713 g/mol. The highest BCUT2D eigenvalue weighted by Crippen LogP contribution is 2.23. The van der Waals surface area contributed by atoms with Gasteiger partial charge >= 0.3 is 0 Å². The fraction of sp³-hybridized carbons (Fsp3) is 0.371. The maximum Gasteiger partial charge on any atom is 0.251 e. The Balaban J connectivity index is 1.88. The molecule has 3 rings (SSSR count). The fourth-order valence-corrected chi connectivity index (χ4v) is 5.67. The second kappa shape index (κ2) is 17.3. The minimum Gasteiger partial charge on any atom is -0.368 e. The Morgan fingerprint density at radius 3 is 2.00 bits per heavy atom. The SMILES string of the molecule is CC(C)[C@H](NC(=O)[C@H](C)NC[C@H](Cc1ccccc1)NC(=O)c1cc(C(=O)N[C@H](C)c2cccc(Cl)c2)cc(N(C)S(C)(=O)=O)c1)C(N)=O. The summed E-state index contributed by atoms with van der Waals surface area (Å²) in [6.45, 7) is 7.12. The van der Waals surface area contributed by atoms with Gasteiger partial charge in [0, 0.05) is 35.8 Å². The number of hydrogen-bond donors (Lipinski definition) is 5. The number of amides is 4. The highest BCUT2D eigenvalue weighted by molar-refractivity contribution is 7.92. The van der Waals surface area contributed by atoms with Gasteiger partial charge in [0.1, 0.15) is 6.04 Å². The van der Waals surface area contributed by atoms with Crippen LogP contribution in [0.15, 0.2) is 72.8 Å². The van der Waals surface area contributed by atoms with Crippen molar-refractivity contribution < 1.29 is 27.6 Å². The maximum absolute atomic E-state index is 13.8. The zero-order valence-electron chi connectivity index (χ0n) is 28.5. The van der Waals surface area contributed by atoms with E-state index < -0.39 is 57.8 Å². The quantitative estimate of drug-likeness (QED) is 0.151. The molecule has 14 heteroatoms. The van der Waals surface area contributed by atoms with Crippen molar-refractivity contribution in [2.75, 3.05) is 24.2 Å². The molecule has 12 nitrogen and oxygen atoms in total. The minimum atomic E-state index is -3.74. The zero-order chi connectivity index (χ0) is 36.5. The van der Waals surface area contributed by atoms with Crippen LogP contribution in [0, 0.1) is 5.92 Å². The average Bonchev–Trinajstić information content (AvgIpc) is 3.04. The fourth-order valence-electron chi connectivity index (χ4n) is 4.98. The molecule has 49 heavy (non-hydrogen) atoms. The van der Waals surface area contributed by atoms with E-state index in [9.17, 15) is 27.6 Å². The van der Waals surface area contributed by atoms with Crippen LogP contribution in [0.25, 0.3) is 0 Å². The van der Waals surface area contributed by atoms with Gasteiger partial charge in [0.05, 0.1) is 24.0 Å². The molecule has 3 aromatic rings. The maximum atomic E-state index is 13.8. The van der Waals surface area contributed by atoms with Crippen LogP contribution in [-0.2, 0) is 26.0 Å². The number of benzene rings is 3. The third-order valence-electron chi connectivity index (χ3n) is 7.99. The van der Waals surface area contributed by atoms with Gasteiger partial charge in [0.2, 0.25) is 21.8 Å². The van der Waals surface area contributed by atoms with Crippen LogP contribution in [0.1, 0.15) is 65.6 Å². The van der Waals surface area contributed by atoms with Crippen LogP contribution >= 0.6 is 11.6 Å². The van der Waals surface area contributed by atoms with Crippen molar-refractivity contribution in [3.63, 3.8) is 0 Å². The Morgan fingerprint density at radius 1 is 0.837 bits per heavy atom. The predicted octanol–water partition coefficient (Wildman–Crippen LogP) is 3.17. The summed E-state index contributed by atoms with van der Waals surface area (Å²) in [6, 6.07) is 18.1. The largest absolute Gasteiger partial charge is 0.368 e. The molecule has 264 valence electrons. The van der Waals surface area contributed by atoms with Crippen LogP contribution in [0.2, 0.25) is 5.02 Å². The molecule has 0 spiro atoms. The number of hydrogen-bond acceptors (Lipinski definition) is 7. The highest BCUT2D eigenvalue weighted by Gasteiger charge is 2.26. The lowest BCUT2D eigenvalue weighted by molar-refractivity contribution is -0.129. The molecule has 4 atom stereocenters. The van der Waals surface area contributed by atoms with E-state index in [1.807, 2.05) is 36.4 Å². The van der Waals surface area contributed by atoms with Gasteiger partial charge in [-0.1, -0.05) is 67.9 Å². The third kappa shape index (κ3) is 11.6. The summed E-state index contributed by atoms with van der Waals surface area (Å²) in [7, 11) is -2.41. The van der Waals surface area contributed by atoms with E-state index >= 15 is 0 Å². The molecule has 4 amide bonds. The molecule has 0 aliphatic carbocycles. The van der Waals surface area contributed by atoms with Crippen molar-refractivity contribution in [2.45, 2.75) is 58.3 Å². The molecule has 3 aromatic carbocycles. The molecule has 0 unspecified atom stereocenters. The first-order valence-electron chi connectivity index (χ1n) is 15.8. The summed E-state index contributed by atoms with van der Waals surface area (Å²) in [5.41, 5.74) is 7.38. The monoisotopic (exact) mass is 712 g/mol. The van der Waals surface area contributed by atoms with E-state index in [1.165, 1.54) is 25.2 Å². The topological polar surface area (TPSA) is 180 Å². The van der Waals surface area contributed by atoms with Crippen LogP contribution in [0.4, 0.5) is 5.69 Å². The second-order valence-electron chi connectivity index (χ2n) is 12.4. The normalized spacial score (nSPS) is 13.9. The number of sulfonamides is 1. The van der Waals surface area contributed by atoms with Gasteiger partial charge in [-0.2, -0.15) is 0 Å². The van der Waals surface area contributed by atoms with Gasteiger partial charge in [-0.05, 0) is 67.6 Å². The lowest BCUT2D eigenvalue weighted by Gasteiger charge is -2.25. The number of primary amides is 1. The first kappa shape index (κ1) is 39.0. The number of nitrogens with zero attached hydrogens (tertiary/aromatic N) is 1. The molecular weight excluding hydrogens is 668 g/mol. The minimum absolute atomic E-state index is 0.0543. The van der Waals surface area contributed by atoms with Gasteiger partial charge in [0.15, 0.2) is 0 Å². The molecular formula is C35H45ClN6O6S. The summed E-state index contributed by atoms with van der Waals surface area (Å²) in [5, 5.41) is 12.2. The second-order valence-corrected chi connectivity index (χ2v) is 14.8. The lowest BCUT2D eigenvalue weighted by Crippen LogP contribution is -2.54. The molecule has 6 N–H and O–H groups in total. The zero-order valence-corrected chi connectivity index (χ0v) is 30.1. The van der Waals surface area contributed by atoms with E-state index in [0.717, 1.165) is 21.7 Å². The van der Waals surface area contributed by atoms with Crippen molar-refractivity contribution in [2.24, 2.45) is 11.7 Å². The van der Waals surface area contributed by atoms with E-state index in [-0.39, 0.29) is 29.3 Å². The summed E-state index contributed by atoms with van der Waals surface area (Å²) >= 11 is 6.13. The lowest BCUT2D eigenvalue weighted by atomic mass is 10.0. The molecule has 0 fully saturated rings. The molecule has 0 aliphatic heterocycles. The van der Waals surface area contributed by atoms with E-state index in [1.54, 1.807) is 45.9 Å². The van der Waals surface area contributed by atoms with Crippen molar-refractivity contribution >= 4 is 50.9 Å². The molecule has 0 heterocycles. The van der Waals surface area contributed by atoms with Crippen LogP contribution in [0.3, 0.4) is 0 Å². The van der Waals surface area contributed by atoms with Crippen molar-refractivity contribution in [1.29, 1.82) is 0 Å². The van der Waals surface area contributed by atoms with E-state index in [2.05, 4.69) is 21.3 Å². The number of carbonyl (C=O) groups is 4. The first-order valence-corrected chi connectivity index (χ1v) is 18.0. The smallest absolute Gasteiger partial charge is 0.251 e. The van der Waals surface area contributed by atoms with E-state index in [0.29, 0.717) is 11.4 Å². The van der Waals surface area contributed by atoms with Gasteiger partial charge in [-0.15, -0.1) is 0 Å². The first-order chi connectivity index (χ1) is 23.0. The molecule has 0 saturated carbocycles. The molecule has 0 aromatic heterocycles. The summed E-state index contributed by atoms with van der Waals surface area (Å²) in [4.78, 5) is 52.0. The molecule has 0 radical (unpaired) electrons. The Hall–Kier alpha value is -4.46. The molecule has 0 saturated heterocycles. The van der Waals surface area contributed by atoms with Crippen molar-refractivity contribution in [1.82, 2.24) is 21.3 Å². The van der Waals surface area contributed by atoms with Gasteiger partial charge < -0.3 is 27.0 Å².